The van der Waals surface area contributed by atoms with E-state index < -0.39 is 14.7 Å². The summed E-state index contributed by atoms with van der Waals surface area (Å²) in [5.41, 5.74) is 4.32. The Morgan fingerprint density at radius 2 is 1.00 bits per heavy atom. The molecule has 0 nitrogen and oxygen atoms in total. The van der Waals surface area contributed by atoms with Crippen LogP contribution in [0.25, 0.3) is 0 Å². The Morgan fingerprint density at radius 3 is 1.33 bits per heavy atom. The van der Waals surface area contributed by atoms with Gasteiger partial charge in [-0.25, -0.2) is 0 Å². The van der Waals surface area contributed by atoms with Crippen molar-refractivity contribution < 1.29 is 18.9 Å². The van der Waals surface area contributed by atoms with Crippen LogP contribution in [0.1, 0.15) is 0 Å². The van der Waals surface area contributed by atoms with Crippen LogP contribution in [0.2, 0.25) is 0 Å². The summed E-state index contributed by atoms with van der Waals surface area (Å²) in [7, 11) is 0. The summed E-state index contributed by atoms with van der Waals surface area (Å²) in [5, 5.41) is 0. The molecule has 2 aromatic carbocycles. The maximum Gasteiger partial charge on any atom is 1.00 e. The van der Waals surface area contributed by atoms with Gasteiger partial charge in [-0.3, -0.25) is 0 Å². The van der Waals surface area contributed by atoms with Crippen LogP contribution in [0.4, 0.5) is 0 Å². The standard InChI is InChI=1S/C13H12As.Li/c1-14(12-8-4-2-5-9-12)13-10-6-3-7-11-13;/h2-11H,1H2;/q-1;+1. The second-order valence-electron chi connectivity index (χ2n) is 3.10. The molecule has 0 bridgehead atoms. The van der Waals surface area contributed by atoms with E-state index in [1.807, 2.05) is 0 Å². The molecule has 0 radical (unpaired) electrons. The van der Waals surface area contributed by atoms with Crippen molar-refractivity contribution >= 4 is 23.4 Å². The maximum atomic E-state index is 4.32. The molecule has 2 rings (SSSR count). The minimum absolute atomic E-state index is 0. The van der Waals surface area contributed by atoms with Gasteiger partial charge in [-0.15, -0.1) is 0 Å². The molecule has 70 valence electrons. The van der Waals surface area contributed by atoms with Crippen LogP contribution < -0.4 is 27.6 Å². The normalized spacial score (nSPS) is 9.73. The first-order valence-corrected chi connectivity index (χ1v) is 7.79. The van der Waals surface area contributed by atoms with Crippen molar-refractivity contribution in [1.29, 1.82) is 0 Å². The molecule has 0 aliphatic heterocycles. The van der Waals surface area contributed by atoms with Gasteiger partial charge in [0.2, 0.25) is 0 Å². The third-order valence-corrected chi connectivity index (χ3v) is 6.00. The SMILES string of the molecule is [CH2-][As](c1ccccc1)c1ccccc1.[Li+]. The molecule has 2 heteroatoms. The fourth-order valence-corrected chi connectivity index (χ4v) is 4.22. The van der Waals surface area contributed by atoms with Crippen LogP contribution >= 0.6 is 0 Å². The maximum absolute atomic E-state index is 4.32. The second-order valence-corrected chi connectivity index (χ2v) is 7.06. The van der Waals surface area contributed by atoms with Crippen molar-refractivity contribution in [3.8, 4) is 0 Å². The quantitative estimate of drug-likeness (QED) is 0.458. The van der Waals surface area contributed by atoms with Gasteiger partial charge < -0.3 is 0 Å². The minimum atomic E-state index is -1.24. The summed E-state index contributed by atoms with van der Waals surface area (Å²) in [5.74, 6) is 0. The summed E-state index contributed by atoms with van der Waals surface area (Å²) in [6.07, 6.45) is 0. The first kappa shape index (κ1) is 12.7. The first-order chi connectivity index (χ1) is 6.88. The Labute approximate surface area is 108 Å². The smallest absolute Gasteiger partial charge is 1.00 e. The Kier molecular flexibility index (Phi) is 5.27. The van der Waals surface area contributed by atoms with Crippen molar-refractivity contribution in [3.05, 3.63) is 66.4 Å². The summed E-state index contributed by atoms with van der Waals surface area (Å²) in [6, 6.07) is 21.2. The average molecular weight is 250 g/mol. The monoisotopic (exact) mass is 250 g/mol. The molecule has 0 heterocycles. The molecule has 15 heavy (non-hydrogen) atoms. The Bertz CT molecular complexity index is 346. The van der Waals surface area contributed by atoms with Crippen LogP contribution in [0.15, 0.2) is 60.7 Å². The van der Waals surface area contributed by atoms with Gasteiger partial charge >= 0.3 is 109 Å². The zero-order valence-corrected chi connectivity index (χ0v) is 10.8. The minimum Gasteiger partial charge on any atom is 1.00 e. The number of hydrogen-bond donors (Lipinski definition) is 0. The van der Waals surface area contributed by atoms with E-state index in [4.69, 9.17) is 0 Å². The van der Waals surface area contributed by atoms with Crippen LogP contribution in [0.5, 0.6) is 0 Å². The topological polar surface area (TPSA) is 0 Å². The molecule has 0 spiro atoms. The van der Waals surface area contributed by atoms with Gasteiger partial charge in [0.1, 0.15) is 0 Å². The van der Waals surface area contributed by atoms with E-state index in [0.717, 1.165) is 0 Å². The van der Waals surface area contributed by atoms with E-state index in [-0.39, 0.29) is 18.9 Å². The van der Waals surface area contributed by atoms with E-state index in [1.165, 1.54) is 8.70 Å². The fourth-order valence-electron chi connectivity index (χ4n) is 1.36. The van der Waals surface area contributed by atoms with Crippen molar-refractivity contribution in [1.82, 2.24) is 0 Å². The summed E-state index contributed by atoms with van der Waals surface area (Å²) >= 11 is -1.24. The summed E-state index contributed by atoms with van der Waals surface area (Å²) in [4.78, 5) is 0. The van der Waals surface area contributed by atoms with Crippen LogP contribution in [-0.4, -0.2) is 14.7 Å². The van der Waals surface area contributed by atoms with Gasteiger partial charge in [0, 0.05) is 0 Å². The van der Waals surface area contributed by atoms with E-state index in [9.17, 15) is 0 Å². The molecule has 0 aliphatic carbocycles. The first-order valence-electron chi connectivity index (χ1n) is 4.58. The molecular formula is C13H12AsLi. The van der Waals surface area contributed by atoms with Gasteiger partial charge in [-0.2, -0.15) is 0 Å². The average Bonchev–Trinajstić information content (AvgIpc) is 2.30. The zero-order valence-electron chi connectivity index (χ0n) is 8.93. The van der Waals surface area contributed by atoms with Gasteiger partial charge in [0.05, 0.1) is 0 Å². The molecule has 0 aliphatic rings. The van der Waals surface area contributed by atoms with Crippen LogP contribution in [0, 0.1) is 5.71 Å². The number of benzene rings is 2. The molecule has 0 aromatic heterocycles. The predicted molar refractivity (Wildman–Crippen MR) is 63.3 cm³/mol. The third-order valence-electron chi connectivity index (χ3n) is 2.14. The van der Waals surface area contributed by atoms with E-state index in [2.05, 4.69) is 66.4 Å². The molecule has 0 N–H and O–H groups in total. The van der Waals surface area contributed by atoms with E-state index in [1.54, 1.807) is 0 Å². The van der Waals surface area contributed by atoms with Gasteiger partial charge in [0.25, 0.3) is 0 Å². The van der Waals surface area contributed by atoms with Crippen LogP contribution in [-0.2, 0) is 0 Å². The van der Waals surface area contributed by atoms with Crippen molar-refractivity contribution in [2.45, 2.75) is 0 Å². The van der Waals surface area contributed by atoms with Gasteiger partial charge in [0.15, 0.2) is 0 Å². The van der Waals surface area contributed by atoms with Crippen molar-refractivity contribution in [3.63, 3.8) is 0 Å². The molecule has 0 saturated carbocycles. The predicted octanol–water partition coefficient (Wildman–Crippen LogP) is -1.33. The molecule has 0 amide bonds. The Morgan fingerprint density at radius 1 is 0.667 bits per heavy atom. The summed E-state index contributed by atoms with van der Waals surface area (Å²) in [6.45, 7) is 0. The third kappa shape index (κ3) is 3.28. The zero-order chi connectivity index (χ0) is 9.80. The fraction of sp³-hybridized carbons (Fsp3) is 0. The largest absolute Gasteiger partial charge is 1.00 e. The molecule has 0 fully saturated rings. The van der Waals surface area contributed by atoms with E-state index in [0.29, 0.717) is 0 Å². The molecular weight excluding hydrogens is 238 g/mol. The molecule has 2 aromatic rings. The van der Waals surface area contributed by atoms with Crippen molar-refractivity contribution in [2.75, 3.05) is 0 Å². The van der Waals surface area contributed by atoms with Crippen LogP contribution in [0.3, 0.4) is 0 Å². The second kappa shape index (κ2) is 6.24. The molecule has 0 unspecified atom stereocenters. The van der Waals surface area contributed by atoms with Gasteiger partial charge in [-0.1, -0.05) is 0 Å². The Hall–Kier alpha value is -0.404. The number of hydrogen-bond acceptors (Lipinski definition) is 0. The van der Waals surface area contributed by atoms with E-state index >= 15 is 0 Å². The van der Waals surface area contributed by atoms with Crippen molar-refractivity contribution in [2.24, 2.45) is 0 Å². The number of rotatable bonds is 2. The molecule has 0 atom stereocenters. The molecule has 0 saturated heterocycles. The van der Waals surface area contributed by atoms with Gasteiger partial charge in [-0.05, 0) is 0 Å². The Balaban J connectivity index is 0.00000112. The summed E-state index contributed by atoms with van der Waals surface area (Å²) < 4.78 is 2.82.